The van der Waals surface area contributed by atoms with Gasteiger partial charge in [-0.05, 0) is 24.5 Å². The minimum atomic E-state index is -0.591. The monoisotopic (exact) mass is 313 g/mol. The Bertz CT molecular complexity index is 394. The summed E-state index contributed by atoms with van der Waals surface area (Å²) in [5, 5.41) is 2.03. The molecule has 1 aromatic heterocycles. The molecule has 0 spiro atoms. The van der Waals surface area contributed by atoms with E-state index in [-0.39, 0.29) is 12.5 Å². The Morgan fingerprint density at radius 2 is 2.10 bits per heavy atom. The van der Waals surface area contributed by atoms with Gasteiger partial charge in [-0.25, -0.2) is 0 Å². The van der Waals surface area contributed by atoms with Crippen LogP contribution in [-0.4, -0.2) is 61.6 Å². The molecule has 0 saturated heterocycles. The quantitative estimate of drug-likeness (QED) is 0.709. The van der Waals surface area contributed by atoms with Gasteiger partial charge in [0.1, 0.15) is 6.04 Å². The van der Waals surface area contributed by atoms with Crippen LogP contribution in [0.2, 0.25) is 0 Å². The molecule has 0 aliphatic rings. The maximum absolute atomic E-state index is 12.5. The highest BCUT2D eigenvalue weighted by molar-refractivity contribution is 7.09. The third-order valence-electron chi connectivity index (χ3n) is 3.48. The maximum atomic E-state index is 12.5. The molecule has 21 heavy (non-hydrogen) atoms. The van der Waals surface area contributed by atoms with Crippen molar-refractivity contribution in [2.45, 2.75) is 26.4 Å². The zero-order chi connectivity index (χ0) is 15.7. The van der Waals surface area contributed by atoms with Crippen molar-refractivity contribution < 1.29 is 9.53 Å². The van der Waals surface area contributed by atoms with Gasteiger partial charge in [0.15, 0.2) is 0 Å². The Morgan fingerprint density at radius 3 is 2.62 bits per heavy atom. The van der Waals surface area contributed by atoms with Crippen molar-refractivity contribution in [3.05, 3.63) is 22.4 Å². The molecular formula is C15H27N3O2S. The van der Waals surface area contributed by atoms with E-state index in [1.807, 2.05) is 22.4 Å². The molecule has 5 nitrogen and oxygen atoms in total. The zero-order valence-electron chi connectivity index (χ0n) is 13.2. The van der Waals surface area contributed by atoms with Crippen molar-refractivity contribution in [3.8, 4) is 0 Å². The Kier molecular flexibility index (Phi) is 8.52. The van der Waals surface area contributed by atoms with Crippen LogP contribution in [0, 0.1) is 0 Å². The number of methoxy groups -OCH3 is 1. The van der Waals surface area contributed by atoms with E-state index in [2.05, 4.69) is 18.7 Å². The average Bonchev–Trinajstić information content (AvgIpc) is 2.99. The SMILES string of the molecule is CCN(CC)CCN(Cc1cccs1)C(=O)C(N)COC. The number of nitrogens with zero attached hydrogens (tertiary/aromatic N) is 2. The Labute approximate surface area is 131 Å². The zero-order valence-corrected chi connectivity index (χ0v) is 14.1. The number of hydrogen-bond acceptors (Lipinski definition) is 5. The molecule has 0 fully saturated rings. The maximum Gasteiger partial charge on any atom is 0.242 e. The van der Waals surface area contributed by atoms with Crippen molar-refractivity contribution >= 4 is 17.2 Å². The van der Waals surface area contributed by atoms with Crippen LogP contribution in [0.1, 0.15) is 18.7 Å². The number of hydrogen-bond donors (Lipinski definition) is 1. The highest BCUT2D eigenvalue weighted by Gasteiger charge is 2.21. The van der Waals surface area contributed by atoms with Gasteiger partial charge in [0, 0.05) is 25.1 Å². The fourth-order valence-electron chi connectivity index (χ4n) is 2.15. The molecule has 6 heteroatoms. The number of thiophene rings is 1. The van der Waals surface area contributed by atoms with Crippen LogP contribution in [0.25, 0.3) is 0 Å². The van der Waals surface area contributed by atoms with Gasteiger partial charge in [-0.2, -0.15) is 0 Å². The third kappa shape index (κ3) is 6.13. The lowest BCUT2D eigenvalue weighted by Gasteiger charge is -2.28. The lowest BCUT2D eigenvalue weighted by Crippen LogP contribution is -2.48. The third-order valence-corrected chi connectivity index (χ3v) is 4.34. The van der Waals surface area contributed by atoms with Crippen LogP contribution in [-0.2, 0) is 16.1 Å². The number of carbonyl (C=O) groups is 1. The molecule has 0 aromatic carbocycles. The second-order valence-corrected chi connectivity index (χ2v) is 5.96. The van der Waals surface area contributed by atoms with Gasteiger partial charge >= 0.3 is 0 Å². The van der Waals surface area contributed by atoms with Crippen molar-refractivity contribution in [1.29, 1.82) is 0 Å². The van der Waals surface area contributed by atoms with Gasteiger partial charge in [0.05, 0.1) is 13.2 Å². The predicted octanol–water partition coefficient (Wildman–Crippen LogP) is 1.39. The smallest absolute Gasteiger partial charge is 0.242 e. The van der Waals surface area contributed by atoms with E-state index >= 15 is 0 Å². The van der Waals surface area contributed by atoms with Crippen molar-refractivity contribution in [3.63, 3.8) is 0 Å². The summed E-state index contributed by atoms with van der Waals surface area (Å²) in [6, 6.07) is 3.46. The average molecular weight is 313 g/mol. The molecule has 0 aliphatic heterocycles. The second kappa shape index (κ2) is 9.89. The van der Waals surface area contributed by atoms with Crippen molar-refractivity contribution in [2.75, 3.05) is 39.9 Å². The van der Waals surface area contributed by atoms with E-state index in [1.54, 1.807) is 18.4 Å². The topological polar surface area (TPSA) is 58.8 Å². The minimum absolute atomic E-state index is 0.0441. The van der Waals surface area contributed by atoms with Crippen LogP contribution in [0.15, 0.2) is 17.5 Å². The largest absolute Gasteiger partial charge is 0.383 e. The molecule has 1 amide bonds. The Morgan fingerprint density at radius 1 is 1.38 bits per heavy atom. The highest BCUT2D eigenvalue weighted by atomic mass is 32.1. The summed E-state index contributed by atoms with van der Waals surface area (Å²) >= 11 is 1.66. The Balaban J connectivity index is 2.66. The van der Waals surface area contributed by atoms with Gasteiger partial charge in [-0.3, -0.25) is 4.79 Å². The number of rotatable bonds is 10. The van der Waals surface area contributed by atoms with E-state index in [1.165, 1.54) is 4.88 Å². The van der Waals surface area contributed by atoms with Crippen LogP contribution in [0.3, 0.4) is 0 Å². The molecule has 1 unspecified atom stereocenters. The number of nitrogens with two attached hydrogens (primary N) is 1. The summed E-state index contributed by atoms with van der Waals surface area (Å²) in [4.78, 5) is 17.8. The van der Waals surface area contributed by atoms with Gasteiger partial charge in [-0.15, -0.1) is 11.3 Å². The molecule has 2 N–H and O–H groups in total. The second-order valence-electron chi connectivity index (χ2n) is 4.93. The fraction of sp³-hybridized carbons (Fsp3) is 0.667. The van der Waals surface area contributed by atoms with E-state index in [0.29, 0.717) is 13.1 Å². The van der Waals surface area contributed by atoms with Crippen molar-refractivity contribution in [2.24, 2.45) is 5.73 Å². The van der Waals surface area contributed by atoms with E-state index in [0.717, 1.165) is 19.6 Å². The number of ether oxygens (including phenoxy) is 1. The van der Waals surface area contributed by atoms with Gasteiger partial charge < -0.3 is 20.3 Å². The summed E-state index contributed by atoms with van der Waals surface area (Å²) in [7, 11) is 1.56. The van der Waals surface area contributed by atoms with Crippen molar-refractivity contribution in [1.82, 2.24) is 9.80 Å². The molecular weight excluding hydrogens is 286 g/mol. The fourth-order valence-corrected chi connectivity index (χ4v) is 2.86. The molecule has 120 valence electrons. The van der Waals surface area contributed by atoms with Gasteiger partial charge in [0.25, 0.3) is 0 Å². The highest BCUT2D eigenvalue weighted by Crippen LogP contribution is 2.12. The van der Waals surface area contributed by atoms with E-state index in [4.69, 9.17) is 10.5 Å². The van der Waals surface area contributed by atoms with Crippen LogP contribution in [0.5, 0.6) is 0 Å². The molecule has 1 atom stereocenters. The lowest BCUT2D eigenvalue weighted by molar-refractivity contribution is -0.134. The molecule has 0 saturated carbocycles. The summed E-state index contributed by atoms with van der Waals surface area (Å²) in [5.74, 6) is -0.0441. The van der Waals surface area contributed by atoms with Gasteiger partial charge in [-0.1, -0.05) is 19.9 Å². The van der Waals surface area contributed by atoms with E-state index < -0.39 is 6.04 Å². The van der Waals surface area contributed by atoms with Crippen LogP contribution >= 0.6 is 11.3 Å². The summed E-state index contributed by atoms with van der Waals surface area (Å²) in [6.45, 7) is 8.67. The number of likely N-dealkylation sites (N-methyl/N-ethyl adjacent to an activating group) is 1. The molecule has 0 aliphatic carbocycles. The standard InChI is InChI=1S/C15H27N3O2S/c1-4-17(5-2)8-9-18(11-13-7-6-10-21-13)15(19)14(16)12-20-3/h6-7,10,14H,4-5,8-9,11-12,16H2,1-3H3. The Hall–Kier alpha value is -0.950. The molecule has 1 heterocycles. The van der Waals surface area contributed by atoms with Crippen LogP contribution < -0.4 is 5.73 Å². The number of amides is 1. The molecule has 1 rings (SSSR count). The molecule has 1 aromatic rings. The first kappa shape index (κ1) is 18.1. The minimum Gasteiger partial charge on any atom is -0.383 e. The first-order valence-electron chi connectivity index (χ1n) is 7.40. The van der Waals surface area contributed by atoms with Crippen LogP contribution in [0.4, 0.5) is 0 Å². The predicted molar refractivity (Wildman–Crippen MR) is 87.4 cm³/mol. The first-order chi connectivity index (χ1) is 10.1. The summed E-state index contributed by atoms with van der Waals surface area (Å²) < 4.78 is 5.00. The summed E-state index contributed by atoms with van der Waals surface area (Å²) in [5.41, 5.74) is 5.90. The van der Waals surface area contributed by atoms with E-state index in [9.17, 15) is 4.79 Å². The van der Waals surface area contributed by atoms with Gasteiger partial charge in [0.2, 0.25) is 5.91 Å². The molecule has 0 radical (unpaired) electrons. The summed E-state index contributed by atoms with van der Waals surface area (Å²) in [6.07, 6.45) is 0. The number of carbonyl (C=O) groups excluding carboxylic acids is 1. The lowest BCUT2D eigenvalue weighted by atomic mass is 10.2. The normalized spacial score (nSPS) is 12.6. The molecule has 0 bridgehead atoms. The first-order valence-corrected chi connectivity index (χ1v) is 8.28.